The third-order valence-electron chi connectivity index (χ3n) is 3.99. The molecule has 0 bridgehead atoms. The molecule has 4 aromatic rings. The molecule has 8 heteroatoms. The third kappa shape index (κ3) is 5.01. The summed E-state index contributed by atoms with van der Waals surface area (Å²) in [5.74, 6) is 0.650. The molecule has 0 radical (unpaired) electrons. The molecule has 144 valence electrons. The normalized spacial score (nSPS) is 10.4. The molecule has 2 aromatic carbocycles. The van der Waals surface area contributed by atoms with Gasteiger partial charge in [-0.15, -0.1) is 0 Å². The van der Waals surface area contributed by atoms with E-state index in [4.69, 9.17) is 0 Å². The molecule has 4 rings (SSSR count). The van der Waals surface area contributed by atoms with Crippen LogP contribution in [0.1, 0.15) is 5.56 Å². The van der Waals surface area contributed by atoms with Gasteiger partial charge in [0.25, 0.3) is 0 Å². The predicted octanol–water partition coefficient (Wildman–Crippen LogP) is 4.51. The monoisotopic (exact) mass is 387 g/mol. The number of aromatic nitrogens is 4. The average Bonchev–Trinajstić information content (AvgIpc) is 2.74. The lowest BCUT2D eigenvalue weighted by atomic mass is 10.2. The van der Waals surface area contributed by atoms with E-state index in [1.165, 1.54) is 12.4 Å². The van der Waals surface area contributed by atoms with Gasteiger partial charge < -0.3 is 16.0 Å². The van der Waals surface area contributed by atoms with Gasteiger partial charge in [0.2, 0.25) is 17.8 Å². The van der Waals surface area contributed by atoms with Gasteiger partial charge in [0.05, 0.1) is 6.20 Å². The molecule has 29 heavy (non-hydrogen) atoms. The summed E-state index contributed by atoms with van der Waals surface area (Å²) < 4.78 is 13.8. The molecule has 0 aliphatic rings. The van der Waals surface area contributed by atoms with E-state index in [1.807, 2.05) is 60.7 Å². The van der Waals surface area contributed by atoms with E-state index in [0.29, 0.717) is 23.4 Å². The second-order valence-electron chi connectivity index (χ2n) is 6.11. The van der Waals surface area contributed by atoms with Crippen molar-refractivity contribution in [1.82, 2.24) is 19.9 Å². The highest BCUT2D eigenvalue weighted by Crippen LogP contribution is 2.19. The number of halogens is 1. The summed E-state index contributed by atoms with van der Waals surface area (Å²) in [6.45, 7) is 0.216. The van der Waals surface area contributed by atoms with Crippen molar-refractivity contribution in [3.63, 3.8) is 0 Å². The quantitative estimate of drug-likeness (QED) is 0.430. The second kappa shape index (κ2) is 8.75. The zero-order chi connectivity index (χ0) is 19.9. The first kappa shape index (κ1) is 18.3. The fraction of sp³-hybridized carbons (Fsp3) is 0.0476. The number of benzene rings is 2. The molecule has 0 saturated carbocycles. The van der Waals surface area contributed by atoms with E-state index in [2.05, 4.69) is 35.9 Å². The molecule has 2 heterocycles. The van der Waals surface area contributed by atoms with Gasteiger partial charge in [0, 0.05) is 29.7 Å². The Morgan fingerprint density at radius 1 is 0.690 bits per heavy atom. The minimum atomic E-state index is -0.390. The van der Waals surface area contributed by atoms with Crippen LogP contribution in [0.4, 0.5) is 33.6 Å². The van der Waals surface area contributed by atoms with Crippen LogP contribution in [0.3, 0.4) is 0 Å². The van der Waals surface area contributed by atoms with Crippen LogP contribution in [0.2, 0.25) is 0 Å². The van der Waals surface area contributed by atoms with Gasteiger partial charge in [0.15, 0.2) is 0 Å². The lowest BCUT2D eigenvalue weighted by Gasteiger charge is -2.11. The van der Waals surface area contributed by atoms with Crippen molar-refractivity contribution in [2.24, 2.45) is 0 Å². The molecule has 0 saturated heterocycles. The van der Waals surface area contributed by atoms with Gasteiger partial charge >= 0.3 is 0 Å². The number of hydrogen-bond donors (Lipinski definition) is 3. The Morgan fingerprint density at radius 3 is 1.79 bits per heavy atom. The highest BCUT2D eigenvalue weighted by atomic mass is 19.1. The molecule has 0 fully saturated rings. The Bertz CT molecular complexity index is 1010. The van der Waals surface area contributed by atoms with Crippen molar-refractivity contribution in [2.75, 3.05) is 16.0 Å². The van der Waals surface area contributed by atoms with Crippen molar-refractivity contribution in [1.29, 1.82) is 0 Å². The van der Waals surface area contributed by atoms with Gasteiger partial charge in [-0.25, -0.2) is 4.39 Å². The van der Waals surface area contributed by atoms with Crippen molar-refractivity contribution in [3.8, 4) is 0 Å². The molecule has 3 N–H and O–H groups in total. The standard InChI is InChI=1S/C21H18FN7/c22-18-14-23-12-11-15(18)13-24-19-27-20(25-16-7-3-1-4-8-16)29-21(28-19)26-17-9-5-2-6-10-17/h1-12,14H,13H2,(H3,24,25,26,27,28,29). The first-order chi connectivity index (χ1) is 14.3. The molecule has 0 spiro atoms. The summed E-state index contributed by atoms with van der Waals surface area (Å²) in [7, 11) is 0. The van der Waals surface area contributed by atoms with Crippen LogP contribution in [0, 0.1) is 5.82 Å². The zero-order valence-electron chi connectivity index (χ0n) is 15.4. The third-order valence-corrected chi connectivity index (χ3v) is 3.99. The Morgan fingerprint density at radius 2 is 1.24 bits per heavy atom. The zero-order valence-corrected chi connectivity index (χ0v) is 15.4. The number of nitrogens with one attached hydrogen (secondary N) is 3. The maximum atomic E-state index is 13.8. The summed E-state index contributed by atoms with van der Waals surface area (Å²) in [6.07, 6.45) is 2.72. The van der Waals surface area contributed by atoms with Crippen LogP contribution in [-0.2, 0) is 6.54 Å². The Kier molecular flexibility index (Phi) is 5.52. The number of nitrogens with zero attached hydrogens (tertiary/aromatic N) is 4. The maximum absolute atomic E-state index is 13.8. The fourth-order valence-electron chi connectivity index (χ4n) is 2.59. The first-order valence-electron chi connectivity index (χ1n) is 8.99. The number of rotatable bonds is 7. The van der Waals surface area contributed by atoms with Gasteiger partial charge in [0.1, 0.15) is 5.82 Å². The number of anilines is 5. The van der Waals surface area contributed by atoms with Gasteiger partial charge in [-0.05, 0) is 30.3 Å². The summed E-state index contributed by atoms with van der Waals surface area (Å²) in [5, 5.41) is 9.35. The summed E-state index contributed by atoms with van der Waals surface area (Å²) in [6, 6.07) is 20.8. The van der Waals surface area contributed by atoms with Crippen LogP contribution >= 0.6 is 0 Å². The average molecular weight is 387 g/mol. The topological polar surface area (TPSA) is 87.7 Å². The minimum absolute atomic E-state index is 0.216. The lowest BCUT2D eigenvalue weighted by Crippen LogP contribution is -2.10. The van der Waals surface area contributed by atoms with Crippen LogP contribution in [0.5, 0.6) is 0 Å². The molecule has 2 aromatic heterocycles. The van der Waals surface area contributed by atoms with Crippen molar-refractivity contribution < 1.29 is 4.39 Å². The van der Waals surface area contributed by atoms with Crippen molar-refractivity contribution in [2.45, 2.75) is 6.54 Å². The van der Waals surface area contributed by atoms with Crippen LogP contribution in [0.15, 0.2) is 79.1 Å². The molecular formula is C21H18FN7. The summed E-state index contributed by atoms with van der Waals surface area (Å²) >= 11 is 0. The van der Waals surface area contributed by atoms with Crippen molar-refractivity contribution in [3.05, 3.63) is 90.5 Å². The van der Waals surface area contributed by atoms with E-state index in [-0.39, 0.29) is 12.4 Å². The highest BCUT2D eigenvalue weighted by Gasteiger charge is 2.09. The van der Waals surface area contributed by atoms with Crippen LogP contribution in [0.25, 0.3) is 0 Å². The van der Waals surface area contributed by atoms with Crippen LogP contribution in [-0.4, -0.2) is 19.9 Å². The van der Waals surface area contributed by atoms with E-state index in [9.17, 15) is 4.39 Å². The SMILES string of the molecule is Fc1cnccc1CNc1nc(Nc2ccccc2)nc(Nc2ccccc2)n1. The Balaban J connectivity index is 1.59. The predicted molar refractivity (Wildman–Crippen MR) is 111 cm³/mol. The summed E-state index contributed by atoms with van der Waals surface area (Å²) in [5.41, 5.74) is 2.15. The molecule has 0 amide bonds. The number of pyridine rings is 1. The maximum Gasteiger partial charge on any atom is 0.233 e. The van der Waals surface area contributed by atoms with E-state index < -0.39 is 0 Å². The van der Waals surface area contributed by atoms with E-state index in [0.717, 1.165) is 11.4 Å². The largest absolute Gasteiger partial charge is 0.350 e. The lowest BCUT2D eigenvalue weighted by molar-refractivity contribution is 0.606. The Labute approximate surface area is 167 Å². The van der Waals surface area contributed by atoms with Gasteiger partial charge in [-0.2, -0.15) is 15.0 Å². The summed E-state index contributed by atoms with van der Waals surface area (Å²) in [4.78, 5) is 17.0. The van der Waals surface area contributed by atoms with Crippen molar-refractivity contribution >= 4 is 29.2 Å². The molecule has 0 aliphatic heterocycles. The highest BCUT2D eigenvalue weighted by molar-refractivity contribution is 5.59. The molecule has 0 atom stereocenters. The second-order valence-corrected chi connectivity index (χ2v) is 6.11. The number of para-hydroxylation sites is 2. The van der Waals surface area contributed by atoms with Gasteiger partial charge in [-0.3, -0.25) is 4.98 Å². The molecule has 0 unspecified atom stereocenters. The van der Waals surface area contributed by atoms with E-state index >= 15 is 0 Å². The fourth-order valence-corrected chi connectivity index (χ4v) is 2.59. The first-order valence-corrected chi connectivity index (χ1v) is 8.99. The Hall–Kier alpha value is -4.07. The number of hydrogen-bond acceptors (Lipinski definition) is 7. The minimum Gasteiger partial charge on any atom is -0.350 e. The molecule has 7 nitrogen and oxygen atoms in total. The molecular weight excluding hydrogens is 369 g/mol. The van der Waals surface area contributed by atoms with Crippen LogP contribution < -0.4 is 16.0 Å². The molecule has 0 aliphatic carbocycles. The van der Waals surface area contributed by atoms with E-state index in [1.54, 1.807) is 6.07 Å². The van der Waals surface area contributed by atoms with Gasteiger partial charge in [-0.1, -0.05) is 36.4 Å². The smallest absolute Gasteiger partial charge is 0.233 e.